The zero-order chi connectivity index (χ0) is 22.9. The van der Waals surface area contributed by atoms with Crippen molar-refractivity contribution < 1.29 is 18.0 Å². The number of rotatable bonds is 5. The van der Waals surface area contributed by atoms with Crippen molar-refractivity contribution in [2.75, 3.05) is 21.5 Å². The molecule has 7 nitrogen and oxygen atoms in total. The van der Waals surface area contributed by atoms with Crippen molar-refractivity contribution in [2.24, 2.45) is 0 Å². The Kier molecular flexibility index (Phi) is 5.90. The molecule has 0 aliphatic carbocycles. The van der Waals surface area contributed by atoms with E-state index in [1.54, 1.807) is 54.6 Å². The number of hydrogen-bond donors (Lipinski definition) is 2. The summed E-state index contributed by atoms with van der Waals surface area (Å²) in [5.41, 5.74) is 3.00. The summed E-state index contributed by atoms with van der Waals surface area (Å²) in [6.45, 7) is 1.72. The van der Waals surface area contributed by atoms with Gasteiger partial charge in [-0.2, -0.15) is 0 Å². The molecule has 0 bridgehead atoms. The number of amides is 2. The molecule has 0 aromatic heterocycles. The van der Waals surface area contributed by atoms with Crippen molar-refractivity contribution in [1.29, 1.82) is 0 Å². The van der Waals surface area contributed by atoms with Crippen LogP contribution in [0.3, 0.4) is 0 Å². The minimum atomic E-state index is -3.72. The zero-order valence-corrected chi connectivity index (χ0v) is 18.7. The molecule has 1 heterocycles. The van der Waals surface area contributed by atoms with E-state index in [4.69, 9.17) is 11.6 Å². The van der Waals surface area contributed by atoms with Gasteiger partial charge in [0.05, 0.1) is 10.6 Å². The van der Waals surface area contributed by atoms with Crippen molar-refractivity contribution in [3.05, 3.63) is 82.9 Å². The lowest BCUT2D eigenvalue weighted by atomic mass is 10.1. The van der Waals surface area contributed by atoms with Gasteiger partial charge in [-0.25, -0.2) is 8.42 Å². The Morgan fingerprint density at radius 3 is 2.16 bits per heavy atom. The first-order chi connectivity index (χ1) is 15.2. The fourth-order valence-corrected chi connectivity index (χ4v) is 5.17. The predicted octanol–water partition coefficient (Wildman–Crippen LogP) is 4.30. The number of fused-ring (bicyclic) bond motifs is 1. The average Bonchev–Trinajstić information content (AvgIpc) is 3.19. The molecule has 0 unspecified atom stereocenters. The van der Waals surface area contributed by atoms with Gasteiger partial charge in [0, 0.05) is 35.4 Å². The van der Waals surface area contributed by atoms with Gasteiger partial charge in [-0.1, -0.05) is 11.6 Å². The van der Waals surface area contributed by atoms with Gasteiger partial charge < -0.3 is 10.6 Å². The summed E-state index contributed by atoms with van der Waals surface area (Å²) in [6, 6.07) is 17.8. The number of nitrogens with one attached hydrogen (secondary N) is 2. The molecule has 0 fully saturated rings. The summed E-state index contributed by atoms with van der Waals surface area (Å²) in [7, 11) is -3.72. The summed E-state index contributed by atoms with van der Waals surface area (Å²) >= 11 is 5.87. The minimum absolute atomic E-state index is 0.166. The number of anilines is 3. The maximum absolute atomic E-state index is 13.0. The Labute approximate surface area is 191 Å². The molecule has 3 aromatic rings. The van der Waals surface area contributed by atoms with Crippen LogP contribution >= 0.6 is 11.6 Å². The van der Waals surface area contributed by atoms with Crippen LogP contribution in [0.4, 0.5) is 17.1 Å². The first-order valence-corrected chi connectivity index (χ1v) is 11.7. The molecule has 0 saturated carbocycles. The summed E-state index contributed by atoms with van der Waals surface area (Å²) in [6.07, 6.45) is 0.509. The van der Waals surface area contributed by atoms with Crippen LogP contribution in [0.25, 0.3) is 0 Å². The van der Waals surface area contributed by atoms with E-state index in [1.165, 1.54) is 23.4 Å². The highest BCUT2D eigenvalue weighted by atomic mass is 35.5. The Morgan fingerprint density at radius 2 is 1.53 bits per heavy atom. The fourth-order valence-electron chi connectivity index (χ4n) is 3.54. The molecule has 9 heteroatoms. The number of nitrogens with zero attached hydrogens (tertiary/aromatic N) is 1. The highest BCUT2D eigenvalue weighted by Gasteiger charge is 2.31. The third-order valence-electron chi connectivity index (χ3n) is 5.06. The molecule has 1 aliphatic heterocycles. The number of benzene rings is 3. The van der Waals surface area contributed by atoms with Gasteiger partial charge in [0.25, 0.3) is 15.9 Å². The Bertz CT molecular complexity index is 1290. The zero-order valence-electron chi connectivity index (χ0n) is 17.1. The summed E-state index contributed by atoms with van der Waals surface area (Å²) in [4.78, 5) is 24.0. The third-order valence-corrected chi connectivity index (χ3v) is 7.14. The van der Waals surface area contributed by atoms with E-state index >= 15 is 0 Å². The van der Waals surface area contributed by atoms with Crippen LogP contribution in [-0.4, -0.2) is 26.8 Å². The lowest BCUT2D eigenvalue weighted by molar-refractivity contribution is -0.114. The smallest absolute Gasteiger partial charge is 0.264 e. The van der Waals surface area contributed by atoms with Gasteiger partial charge >= 0.3 is 0 Å². The molecule has 1 aliphatic rings. The summed E-state index contributed by atoms with van der Waals surface area (Å²) in [5.74, 6) is -0.480. The number of halogens is 1. The first kappa shape index (κ1) is 21.9. The van der Waals surface area contributed by atoms with E-state index in [0.717, 1.165) is 5.56 Å². The van der Waals surface area contributed by atoms with Crippen molar-refractivity contribution in [3.8, 4) is 0 Å². The van der Waals surface area contributed by atoms with Crippen LogP contribution in [-0.2, 0) is 21.2 Å². The SMILES string of the molecule is CC(=O)Nc1ccc(NC(=O)c2ccc3c(c2)CCN3S(=O)(=O)c2ccc(Cl)cc2)cc1. The number of carbonyl (C=O) groups excluding carboxylic acids is 2. The molecule has 4 rings (SSSR count). The lowest BCUT2D eigenvalue weighted by Crippen LogP contribution is -2.29. The third kappa shape index (κ3) is 4.46. The topological polar surface area (TPSA) is 95.6 Å². The molecule has 3 aromatic carbocycles. The van der Waals surface area contributed by atoms with Crippen molar-refractivity contribution in [1.82, 2.24) is 0 Å². The van der Waals surface area contributed by atoms with Gasteiger partial charge in [0.15, 0.2) is 0 Å². The maximum Gasteiger partial charge on any atom is 0.264 e. The van der Waals surface area contributed by atoms with E-state index in [2.05, 4.69) is 10.6 Å². The lowest BCUT2D eigenvalue weighted by Gasteiger charge is -2.19. The van der Waals surface area contributed by atoms with Crippen LogP contribution < -0.4 is 14.9 Å². The van der Waals surface area contributed by atoms with Gasteiger partial charge in [-0.15, -0.1) is 0 Å². The molecule has 32 heavy (non-hydrogen) atoms. The minimum Gasteiger partial charge on any atom is -0.326 e. The molecule has 0 radical (unpaired) electrons. The van der Waals surface area contributed by atoms with E-state index < -0.39 is 10.0 Å². The normalized spacial score (nSPS) is 12.9. The highest BCUT2D eigenvalue weighted by molar-refractivity contribution is 7.92. The molecule has 0 saturated heterocycles. The van der Waals surface area contributed by atoms with E-state index in [9.17, 15) is 18.0 Å². The molecule has 0 atom stereocenters. The number of carbonyl (C=O) groups is 2. The van der Waals surface area contributed by atoms with Crippen LogP contribution in [0.1, 0.15) is 22.8 Å². The Hall–Kier alpha value is -3.36. The fraction of sp³-hybridized carbons (Fsp3) is 0.130. The largest absolute Gasteiger partial charge is 0.326 e. The van der Waals surface area contributed by atoms with Gasteiger partial charge in [0.2, 0.25) is 5.91 Å². The molecular formula is C23H20ClN3O4S. The molecular weight excluding hydrogens is 450 g/mol. The first-order valence-electron chi connectivity index (χ1n) is 9.84. The monoisotopic (exact) mass is 469 g/mol. The van der Waals surface area contributed by atoms with Crippen LogP contribution in [0, 0.1) is 0 Å². The average molecular weight is 470 g/mol. The highest BCUT2D eigenvalue weighted by Crippen LogP contribution is 2.34. The van der Waals surface area contributed by atoms with Crippen LogP contribution in [0.15, 0.2) is 71.6 Å². The van der Waals surface area contributed by atoms with E-state index in [1.807, 2.05) is 0 Å². The summed E-state index contributed by atoms with van der Waals surface area (Å²) in [5, 5.41) is 5.93. The van der Waals surface area contributed by atoms with E-state index in [-0.39, 0.29) is 16.7 Å². The molecule has 2 N–H and O–H groups in total. The van der Waals surface area contributed by atoms with Gasteiger partial charge in [-0.3, -0.25) is 13.9 Å². The van der Waals surface area contributed by atoms with Crippen LogP contribution in [0.5, 0.6) is 0 Å². The van der Waals surface area contributed by atoms with Crippen molar-refractivity contribution in [2.45, 2.75) is 18.2 Å². The molecule has 2 amide bonds. The molecule has 164 valence electrons. The second kappa shape index (κ2) is 8.64. The number of sulfonamides is 1. The summed E-state index contributed by atoms with van der Waals surface area (Å²) < 4.78 is 27.4. The predicted molar refractivity (Wildman–Crippen MR) is 125 cm³/mol. The van der Waals surface area contributed by atoms with Gasteiger partial charge in [0.1, 0.15) is 0 Å². The molecule has 0 spiro atoms. The van der Waals surface area contributed by atoms with Crippen molar-refractivity contribution in [3.63, 3.8) is 0 Å². The van der Waals surface area contributed by atoms with Gasteiger partial charge in [-0.05, 0) is 78.7 Å². The van der Waals surface area contributed by atoms with Crippen LogP contribution in [0.2, 0.25) is 5.02 Å². The Balaban J connectivity index is 1.51. The second-order valence-electron chi connectivity index (χ2n) is 7.34. The van der Waals surface area contributed by atoms with Crippen molar-refractivity contribution >= 4 is 50.5 Å². The number of hydrogen-bond acceptors (Lipinski definition) is 4. The maximum atomic E-state index is 13.0. The van der Waals surface area contributed by atoms with E-state index in [0.29, 0.717) is 40.6 Å². The Morgan fingerprint density at radius 1 is 0.906 bits per heavy atom. The quantitative estimate of drug-likeness (QED) is 0.582. The second-order valence-corrected chi connectivity index (χ2v) is 9.64. The standard InChI is InChI=1S/C23H20ClN3O4S/c1-15(28)25-19-5-7-20(8-6-19)26-23(29)17-2-11-22-16(14-17)12-13-27(22)32(30,31)21-9-3-18(24)4-10-21/h2-11,14H,12-13H2,1H3,(H,25,28)(H,26,29).